The van der Waals surface area contributed by atoms with E-state index in [0.717, 1.165) is 33.8 Å². The number of nitrogens with two attached hydrogens (primary N) is 1. The zero-order valence-corrected chi connectivity index (χ0v) is 18.2. The third kappa shape index (κ3) is 3.85. The van der Waals surface area contributed by atoms with Gasteiger partial charge in [-0.15, -0.1) is 0 Å². The summed E-state index contributed by atoms with van der Waals surface area (Å²) >= 11 is 0. The lowest BCUT2D eigenvalue weighted by molar-refractivity contribution is -0.329. The Morgan fingerprint density at radius 3 is 2.70 bits per heavy atom. The quantitative estimate of drug-likeness (QED) is 0.518. The first kappa shape index (κ1) is 21.2. The largest absolute Gasteiger partial charge is 0.846 e. The van der Waals surface area contributed by atoms with Crippen LogP contribution < -0.4 is 10.5 Å². The van der Waals surface area contributed by atoms with Crippen molar-refractivity contribution in [2.75, 3.05) is 6.54 Å². The van der Waals surface area contributed by atoms with Gasteiger partial charge in [-0.25, -0.2) is 13.2 Å². The molecule has 3 aromatic rings. The standard InChI is InChI=1S/C26H23BF2N3O/c1-18-17-21(32-26(18)23(14-15-30)24-6-4-16-31(24)27(32)29)11-8-19-5-2-3-7-25(19)33-22-12-9-20(28)10-13-22/h2-13,16-17H,14-15,30H2,1H3/q+1/b11-8+. The fraction of sp³-hybridized carbons (Fsp3) is 0.115. The molecule has 5 rings (SSSR count). The molecular weight excluding hydrogens is 419 g/mol. The summed E-state index contributed by atoms with van der Waals surface area (Å²) in [4.78, 5) is 0. The number of halogens is 2. The molecule has 0 fully saturated rings. The van der Waals surface area contributed by atoms with Gasteiger partial charge in [-0.05, 0) is 74.0 Å². The number of aromatic nitrogens is 1. The number of para-hydroxylation sites is 1. The van der Waals surface area contributed by atoms with E-state index in [0.29, 0.717) is 24.5 Å². The highest BCUT2D eigenvalue weighted by Crippen LogP contribution is 2.36. The SMILES string of the molecule is Cc1cc(/C=C/c2ccccc2Oc2ccc(F)cc2)n2c1C(CCN)=C1C=CC=[N+]1B2F. The van der Waals surface area contributed by atoms with Crippen molar-refractivity contribution < 1.29 is 17.9 Å². The summed E-state index contributed by atoms with van der Waals surface area (Å²) in [5.41, 5.74) is 11.3. The molecule has 0 atom stereocenters. The van der Waals surface area contributed by atoms with Crippen molar-refractivity contribution in [2.45, 2.75) is 13.3 Å². The first-order valence-electron chi connectivity index (χ1n) is 10.9. The van der Waals surface area contributed by atoms with Crippen LogP contribution in [0.4, 0.5) is 8.71 Å². The molecule has 0 saturated carbocycles. The molecule has 0 bridgehead atoms. The number of rotatable bonds is 6. The lowest BCUT2D eigenvalue weighted by atomic mass is 9.91. The Balaban J connectivity index is 1.52. The fourth-order valence-corrected chi connectivity index (χ4v) is 4.41. The van der Waals surface area contributed by atoms with Gasteiger partial charge in [-0.3, -0.25) is 4.48 Å². The smallest absolute Gasteiger partial charge is 0.457 e. The van der Waals surface area contributed by atoms with Gasteiger partial charge in [0.2, 0.25) is 0 Å². The lowest BCUT2D eigenvalue weighted by Crippen LogP contribution is -2.39. The van der Waals surface area contributed by atoms with Gasteiger partial charge in [0.25, 0.3) is 0 Å². The Morgan fingerprint density at radius 2 is 1.91 bits per heavy atom. The number of benzene rings is 2. The molecule has 0 unspecified atom stereocenters. The molecule has 33 heavy (non-hydrogen) atoms. The number of nitrogens with zero attached hydrogens (tertiary/aromatic N) is 2. The first-order valence-corrected chi connectivity index (χ1v) is 10.9. The zero-order chi connectivity index (χ0) is 22.9. The highest BCUT2D eigenvalue weighted by atomic mass is 19.1. The normalized spacial score (nSPS) is 14.7. The Hall–Kier alpha value is -3.71. The van der Waals surface area contributed by atoms with Gasteiger partial charge in [-0.2, -0.15) is 0 Å². The molecule has 164 valence electrons. The van der Waals surface area contributed by atoms with Gasteiger partial charge in [0.1, 0.15) is 23.5 Å². The average Bonchev–Trinajstić information content (AvgIpc) is 3.43. The van der Waals surface area contributed by atoms with Crippen LogP contribution in [0.15, 0.2) is 72.4 Å². The highest BCUT2D eigenvalue weighted by molar-refractivity contribution is 6.43. The van der Waals surface area contributed by atoms with E-state index in [1.807, 2.05) is 61.6 Å². The molecule has 0 amide bonds. The van der Waals surface area contributed by atoms with Crippen LogP contribution >= 0.6 is 0 Å². The van der Waals surface area contributed by atoms with E-state index in [4.69, 9.17) is 10.5 Å². The maximum absolute atomic E-state index is 15.6. The van der Waals surface area contributed by atoms with Crippen LogP contribution in [0.2, 0.25) is 0 Å². The first-order chi connectivity index (χ1) is 16.1. The molecule has 4 nitrogen and oxygen atoms in total. The summed E-state index contributed by atoms with van der Waals surface area (Å²) in [6.45, 7) is 2.48. The zero-order valence-electron chi connectivity index (χ0n) is 18.2. The minimum absolute atomic E-state index is 0.318. The van der Waals surface area contributed by atoms with Crippen LogP contribution in [0.1, 0.15) is 28.9 Å². The third-order valence-electron chi connectivity index (χ3n) is 5.86. The maximum atomic E-state index is 15.6. The molecule has 0 saturated heterocycles. The average molecular weight is 442 g/mol. The number of hydrogen-bond acceptors (Lipinski definition) is 2. The van der Waals surface area contributed by atoms with Crippen molar-refractivity contribution in [3.8, 4) is 11.5 Å². The van der Waals surface area contributed by atoms with E-state index in [9.17, 15) is 4.39 Å². The Kier molecular flexibility index (Phi) is 5.56. The van der Waals surface area contributed by atoms with Crippen molar-refractivity contribution in [3.05, 3.63) is 101 Å². The monoisotopic (exact) mass is 442 g/mol. The summed E-state index contributed by atoms with van der Waals surface area (Å²) in [5.74, 6) is 0.849. The third-order valence-corrected chi connectivity index (χ3v) is 5.86. The Morgan fingerprint density at radius 1 is 1.12 bits per heavy atom. The van der Waals surface area contributed by atoms with Crippen molar-refractivity contribution in [3.63, 3.8) is 0 Å². The fourth-order valence-electron chi connectivity index (χ4n) is 4.41. The van der Waals surface area contributed by atoms with Crippen molar-refractivity contribution in [1.82, 2.24) is 4.48 Å². The summed E-state index contributed by atoms with van der Waals surface area (Å²) in [5, 5.41) is 0. The summed E-state index contributed by atoms with van der Waals surface area (Å²) in [7, 11) is -1.34. The molecule has 2 aliphatic rings. The molecule has 0 spiro atoms. The van der Waals surface area contributed by atoms with Crippen LogP contribution in [0, 0.1) is 12.7 Å². The van der Waals surface area contributed by atoms with E-state index >= 15 is 4.32 Å². The van der Waals surface area contributed by atoms with Crippen molar-refractivity contribution >= 4 is 31.2 Å². The van der Waals surface area contributed by atoms with Gasteiger partial charge in [0.05, 0.1) is 5.69 Å². The molecule has 0 aliphatic carbocycles. The second-order valence-electron chi connectivity index (χ2n) is 8.03. The second-order valence-corrected chi connectivity index (χ2v) is 8.03. The van der Waals surface area contributed by atoms with Crippen LogP contribution in [-0.2, 0) is 0 Å². The molecule has 0 radical (unpaired) electrons. The van der Waals surface area contributed by atoms with E-state index in [-0.39, 0.29) is 5.82 Å². The van der Waals surface area contributed by atoms with E-state index in [2.05, 4.69) is 0 Å². The second kappa shape index (κ2) is 8.67. The number of hydrogen-bond donors (Lipinski definition) is 1. The number of fused-ring (bicyclic) bond motifs is 2. The number of allylic oxidation sites excluding steroid dienone is 2. The summed E-state index contributed by atoms with van der Waals surface area (Å²) in [6, 6.07) is 15.4. The van der Waals surface area contributed by atoms with Crippen LogP contribution in [-0.4, -0.2) is 29.0 Å². The summed E-state index contributed by atoms with van der Waals surface area (Å²) < 4.78 is 38.1. The molecule has 3 heterocycles. The molecule has 1 aromatic heterocycles. The molecular formula is C26H23BF2N3O+. The van der Waals surface area contributed by atoms with E-state index in [1.54, 1.807) is 27.3 Å². The van der Waals surface area contributed by atoms with Gasteiger partial charge >= 0.3 is 7.26 Å². The minimum atomic E-state index is -1.34. The predicted molar refractivity (Wildman–Crippen MR) is 129 cm³/mol. The van der Waals surface area contributed by atoms with Gasteiger partial charge in [-0.1, -0.05) is 18.2 Å². The van der Waals surface area contributed by atoms with Gasteiger partial charge < -0.3 is 10.5 Å². The van der Waals surface area contributed by atoms with Crippen molar-refractivity contribution in [2.24, 2.45) is 5.73 Å². The van der Waals surface area contributed by atoms with E-state index < -0.39 is 7.26 Å². The number of aryl methyl sites for hydroxylation is 1. The molecule has 2 aromatic carbocycles. The lowest BCUT2D eigenvalue weighted by Gasteiger charge is -2.19. The van der Waals surface area contributed by atoms with Crippen LogP contribution in [0.5, 0.6) is 11.5 Å². The van der Waals surface area contributed by atoms with E-state index in [1.165, 1.54) is 12.1 Å². The predicted octanol–water partition coefficient (Wildman–Crippen LogP) is 5.43. The topological polar surface area (TPSA) is 43.2 Å². The van der Waals surface area contributed by atoms with Gasteiger partial charge in [0, 0.05) is 29.0 Å². The highest BCUT2D eigenvalue weighted by Gasteiger charge is 2.48. The summed E-state index contributed by atoms with van der Waals surface area (Å²) in [6.07, 6.45) is 10.0. The maximum Gasteiger partial charge on any atom is 0.846 e. The number of ether oxygens (including phenoxy) is 1. The van der Waals surface area contributed by atoms with Crippen LogP contribution in [0.3, 0.4) is 0 Å². The van der Waals surface area contributed by atoms with Gasteiger partial charge in [0.15, 0.2) is 5.70 Å². The Bertz CT molecular complexity index is 1340. The molecule has 2 N–H and O–H groups in total. The van der Waals surface area contributed by atoms with Crippen LogP contribution in [0.25, 0.3) is 17.7 Å². The Labute approximate surface area is 191 Å². The van der Waals surface area contributed by atoms with Crippen molar-refractivity contribution in [1.29, 1.82) is 0 Å². The molecule has 2 aliphatic heterocycles. The molecule has 7 heteroatoms. The minimum Gasteiger partial charge on any atom is -0.457 e.